The lowest BCUT2D eigenvalue weighted by Crippen LogP contribution is -2.47. The molecule has 0 aromatic carbocycles. The van der Waals surface area contributed by atoms with Gasteiger partial charge in [0.15, 0.2) is 0 Å². The minimum atomic E-state index is 0.679. The number of hydrogen-bond donors (Lipinski definition) is 1. The monoisotopic (exact) mass is 236 g/mol. The lowest BCUT2D eigenvalue weighted by atomic mass is 9.67. The van der Waals surface area contributed by atoms with E-state index in [4.69, 9.17) is 0 Å². The lowest BCUT2D eigenvalue weighted by Gasteiger charge is -2.43. The Morgan fingerprint density at radius 2 is 2.12 bits per heavy atom. The Hall–Kier alpha value is -0.0800. The van der Waals surface area contributed by atoms with Gasteiger partial charge in [0, 0.05) is 12.6 Å². The molecule has 2 nitrogen and oxygen atoms in total. The summed E-state index contributed by atoms with van der Waals surface area (Å²) in [5.74, 6) is 1.78. The van der Waals surface area contributed by atoms with Crippen molar-refractivity contribution in [1.29, 1.82) is 0 Å². The van der Waals surface area contributed by atoms with E-state index >= 15 is 0 Å². The molecule has 3 aliphatic rings. The van der Waals surface area contributed by atoms with E-state index in [1.807, 2.05) is 0 Å². The van der Waals surface area contributed by atoms with Crippen molar-refractivity contribution in [2.45, 2.75) is 52.0 Å². The maximum atomic E-state index is 3.63. The van der Waals surface area contributed by atoms with Crippen LogP contribution < -0.4 is 5.32 Å². The van der Waals surface area contributed by atoms with Gasteiger partial charge < -0.3 is 5.32 Å². The van der Waals surface area contributed by atoms with Gasteiger partial charge in [0.2, 0.25) is 0 Å². The summed E-state index contributed by atoms with van der Waals surface area (Å²) in [5.41, 5.74) is 0.679. The van der Waals surface area contributed by atoms with E-state index in [9.17, 15) is 0 Å². The van der Waals surface area contributed by atoms with E-state index in [1.54, 1.807) is 0 Å². The van der Waals surface area contributed by atoms with Crippen molar-refractivity contribution < 1.29 is 0 Å². The minimum absolute atomic E-state index is 0.679. The molecule has 2 saturated heterocycles. The van der Waals surface area contributed by atoms with Crippen molar-refractivity contribution in [3.05, 3.63) is 0 Å². The van der Waals surface area contributed by atoms with Gasteiger partial charge in [-0.05, 0) is 69.0 Å². The summed E-state index contributed by atoms with van der Waals surface area (Å²) in [6.07, 6.45) is 7.27. The Kier molecular flexibility index (Phi) is 3.20. The highest BCUT2D eigenvalue weighted by atomic mass is 15.2. The van der Waals surface area contributed by atoms with Crippen molar-refractivity contribution in [3.63, 3.8) is 0 Å². The number of rotatable bonds is 3. The van der Waals surface area contributed by atoms with E-state index < -0.39 is 0 Å². The van der Waals surface area contributed by atoms with Gasteiger partial charge in [-0.2, -0.15) is 0 Å². The van der Waals surface area contributed by atoms with Gasteiger partial charge in [0.25, 0.3) is 0 Å². The molecule has 0 aromatic heterocycles. The molecule has 1 spiro atoms. The van der Waals surface area contributed by atoms with E-state index in [-0.39, 0.29) is 0 Å². The highest BCUT2D eigenvalue weighted by molar-refractivity contribution is 5.01. The average Bonchev–Trinajstić information content (AvgIpc) is 3.05. The second-order valence-electron chi connectivity index (χ2n) is 7.09. The third-order valence-corrected chi connectivity index (χ3v) is 5.29. The molecule has 1 aliphatic carbocycles. The second-order valence-corrected chi connectivity index (χ2v) is 7.09. The van der Waals surface area contributed by atoms with Crippen molar-refractivity contribution in [2.75, 3.05) is 26.2 Å². The largest absolute Gasteiger partial charge is 0.316 e. The average molecular weight is 236 g/mol. The van der Waals surface area contributed by atoms with Crippen LogP contribution in [0.1, 0.15) is 46.0 Å². The molecule has 0 radical (unpaired) electrons. The van der Waals surface area contributed by atoms with Crippen molar-refractivity contribution in [2.24, 2.45) is 17.3 Å². The summed E-state index contributed by atoms with van der Waals surface area (Å²) in [5, 5.41) is 3.63. The Balaban J connectivity index is 1.69. The maximum absolute atomic E-state index is 3.63. The Labute approximate surface area is 106 Å². The van der Waals surface area contributed by atoms with Gasteiger partial charge in [0.1, 0.15) is 0 Å². The molecule has 0 bridgehead atoms. The molecular weight excluding hydrogens is 208 g/mol. The van der Waals surface area contributed by atoms with Gasteiger partial charge in [-0.1, -0.05) is 13.8 Å². The minimum Gasteiger partial charge on any atom is -0.316 e. The number of nitrogens with zero attached hydrogens (tertiary/aromatic N) is 1. The number of nitrogens with one attached hydrogen (secondary N) is 1. The summed E-state index contributed by atoms with van der Waals surface area (Å²) >= 11 is 0. The van der Waals surface area contributed by atoms with Gasteiger partial charge in [-0.25, -0.2) is 0 Å². The molecule has 2 heterocycles. The van der Waals surface area contributed by atoms with Crippen molar-refractivity contribution >= 4 is 0 Å². The van der Waals surface area contributed by atoms with Gasteiger partial charge in [-0.3, -0.25) is 4.90 Å². The fourth-order valence-electron chi connectivity index (χ4n) is 4.15. The van der Waals surface area contributed by atoms with E-state index in [0.717, 1.165) is 17.9 Å². The number of piperidine rings is 1. The molecule has 3 rings (SSSR count). The van der Waals surface area contributed by atoms with Crippen LogP contribution in [0.15, 0.2) is 0 Å². The van der Waals surface area contributed by atoms with Crippen LogP contribution in [0.3, 0.4) is 0 Å². The molecular formula is C15H28N2. The molecule has 3 fully saturated rings. The van der Waals surface area contributed by atoms with E-state index in [2.05, 4.69) is 24.1 Å². The molecule has 0 amide bonds. The number of hydrogen-bond acceptors (Lipinski definition) is 2. The molecule has 2 heteroatoms. The SMILES string of the molecule is CC(C)CC1CNCCC12CCN(C1CC1)C2. The smallest absolute Gasteiger partial charge is 0.00966 e. The molecule has 1 N–H and O–H groups in total. The second kappa shape index (κ2) is 4.55. The van der Waals surface area contributed by atoms with Gasteiger partial charge in [0.05, 0.1) is 0 Å². The van der Waals surface area contributed by atoms with Crippen molar-refractivity contribution in [3.8, 4) is 0 Å². The molecule has 17 heavy (non-hydrogen) atoms. The number of likely N-dealkylation sites (tertiary alicyclic amines) is 1. The molecule has 1 saturated carbocycles. The third-order valence-electron chi connectivity index (χ3n) is 5.29. The van der Waals surface area contributed by atoms with Gasteiger partial charge in [-0.15, -0.1) is 0 Å². The predicted octanol–water partition coefficient (Wildman–Crippen LogP) is 2.50. The van der Waals surface area contributed by atoms with E-state index in [1.165, 1.54) is 58.3 Å². The van der Waals surface area contributed by atoms with Crippen LogP contribution in [-0.4, -0.2) is 37.1 Å². The first kappa shape index (κ1) is 12.0. The molecule has 2 unspecified atom stereocenters. The Morgan fingerprint density at radius 1 is 1.29 bits per heavy atom. The van der Waals surface area contributed by atoms with Crippen LogP contribution in [0.25, 0.3) is 0 Å². The van der Waals surface area contributed by atoms with Crippen molar-refractivity contribution in [1.82, 2.24) is 10.2 Å². The Morgan fingerprint density at radius 3 is 2.82 bits per heavy atom. The highest BCUT2D eigenvalue weighted by Crippen LogP contribution is 2.47. The van der Waals surface area contributed by atoms with Crippen LogP contribution in [0.4, 0.5) is 0 Å². The summed E-state index contributed by atoms with van der Waals surface area (Å²) in [6, 6.07) is 0.976. The third kappa shape index (κ3) is 2.39. The molecule has 2 atom stereocenters. The molecule has 0 aromatic rings. The van der Waals surface area contributed by atoms with Crippen LogP contribution in [0.5, 0.6) is 0 Å². The summed E-state index contributed by atoms with van der Waals surface area (Å²) in [4.78, 5) is 2.80. The first-order chi connectivity index (χ1) is 8.20. The zero-order chi connectivity index (χ0) is 11.9. The normalized spacial score (nSPS) is 39.4. The fraction of sp³-hybridized carbons (Fsp3) is 1.00. The molecule has 2 aliphatic heterocycles. The Bertz CT molecular complexity index is 272. The predicted molar refractivity (Wildman–Crippen MR) is 72.1 cm³/mol. The molecule has 98 valence electrons. The van der Waals surface area contributed by atoms with E-state index in [0.29, 0.717) is 5.41 Å². The maximum Gasteiger partial charge on any atom is 0.00966 e. The van der Waals surface area contributed by atoms with Crippen LogP contribution >= 0.6 is 0 Å². The first-order valence-corrected chi connectivity index (χ1v) is 7.64. The standard InChI is InChI=1S/C15H28N2/c1-12(2)9-13-10-16-7-5-15(13)6-8-17(11-15)14-3-4-14/h12-14,16H,3-11H2,1-2H3. The van der Waals surface area contributed by atoms with Crippen LogP contribution in [-0.2, 0) is 0 Å². The lowest BCUT2D eigenvalue weighted by molar-refractivity contribution is 0.0944. The fourth-order valence-corrected chi connectivity index (χ4v) is 4.15. The van der Waals surface area contributed by atoms with Gasteiger partial charge >= 0.3 is 0 Å². The van der Waals surface area contributed by atoms with Crippen LogP contribution in [0, 0.1) is 17.3 Å². The summed E-state index contributed by atoms with van der Waals surface area (Å²) in [6.45, 7) is 10.1. The highest BCUT2D eigenvalue weighted by Gasteiger charge is 2.48. The first-order valence-electron chi connectivity index (χ1n) is 7.64. The quantitative estimate of drug-likeness (QED) is 0.810. The van der Waals surface area contributed by atoms with Crippen LogP contribution in [0.2, 0.25) is 0 Å². The summed E-state index contributed by atoms with van der Waals surface area (Å²) in [7, 11) is 0. The zero-order valence-electron chi connectivity index (χ0n) is 11.5. The zero-order valence-corrected chi connectivity index (χ0v) is 11.5. The summed E-state index contributed by atoms with van der Waals surface area (Å²) < 4.78 is 0. The topological polar surface area (TPSA) is 15.3 Å².